The van der Waals surface area contributed by atoms with Gasteiger partial charge in [-0.3, -0.25) is 4.79 Å². The summed E-state index contributed by atoms with van der Waals surface area (Å²) in [6, 6.07) is 7.72. The molecule has 3 nitrogen and oxygen atoms in total. The maximum Gasteiger partial charge on any atom is 0.406 e. The van der Waals surface area contributed by atoms with E-state index in [-0.39, 0.29) is 6.54 Å². The summed E-state index contributed by atoms with van der Waals surface area (Å²) in [4.78, 5) is 12.9. The van der Waals surface area contributed by atoms with Gasteiger partial charge in [0.05, 0.1) is 6.04 Å². The van der Waals surface area contributed by atoms with Gasteiger partial charge in [-0.2, -0.15) is 13.2 Å². The molecule has 0 heterocycles. The molecule has 21 heavy (non-hydrogen) atoms. The molecule has 0 radical (unpaired) electrons. The van der Waals surface area contributed by atoms with Crippen molar-refractivity contribution in [3.05, 3.63) is 35.9 Å². The highest BCUT2D eigenvalue weighted by Crippen LogP contribution is 2.19. The summed E-state index contributed by atoms with van der Waals surface area (Å²) in [5, 5.41) is 0. The molecule has 1 rings (SSSR count). The van der Waals surface area contributed by atoms with E-state index in [1.54, 1.807) is 30.3 Å². The lowest BCUT2D eigenvalue weighted by atomic mass is 10.1. The lowest BCUT2D eigenvalue weighted by Crippen LogP contribution is -2.47. The van der Waals surface area contributed by atoms with Crippen molar-refractivity contribution in [1.29, 1.82) is 0 Å². The molecule has 0 bridgehead atoms. The minimum atomic E-state index is -4.44. The normalized spacial score (nSPS) is 13.0. The molecule has 1 unspecified atom stereocenters. The smallest absolute Gasteiger partial charge is 0.328 e. The van der Waals surface area contributed by atoms with Crippen molar-refractivity contribution in [2.24, 2.45) is 5.73 Å². The topological polar surface area (TPSA) is 46.3 Å². The molecule has 2 N–H and O–H groups in total. The lowest BCUT2D eigenvalue weighted by molar-refractivity contribution is -0.163. The fraction of sp³-hybridized carbons (Fsp3) is 0.533. The van der Waals surface area contributed by atoms with Gasteiger partial charge in [-0.15, -0.1) is 0 Å². The van der Waals surface area contributed by atoms with E-state index in [0.29, 0.717) is 12.0 Å². The predicted octanol–water partition coefficient (Wildman–Crippen LogP) is 3.10. The van der Waals surface area contributed by atoms with E-state index in [1.165, 1.54) is 0 Å². The van der Waals surface area contributed by atoms with Crippen molar-refractivity contribution >= 4 is 5.91 Å². The van der Waals surface area contributed by atoms with Gasteiger partial charge in [0.2, 0.25) is 5.91 Å². The summed E-state index contributed by atoms with van der Waals surface area (Å²) in [5.41, 5.74) is 6.37. The van der Waals surface area contributed by atoms with E-state index in [0.717, 1.165) is 17.7 Å². The Kier molecular flexibility index (Phi) is 6.68. The zero-order valence-electron chi connectivity index (χ0n) is 12.1. The Morgan fingerprint density at radius 3 is 2.43 bits per heavy atom. The monoisotopic (exact) mass is 302 g/mol. The largest absolute Gasteiger partial charge is 0.406 e. The quantitative estimate of drug-likeness (QED) is 0.841. The van der Waals surface area contributed by atoms with Crippen LogP contribution in [-0.2, 0) is 11.3 Å². The predicted molar refractivity (Wildman–Crippen MR) is 75.4 cm³/mol. The fourth-order valence-corrected chi connectivity index (χ4v) is 2.01. The number of carbonyl (C=O) groups is 1. The zero-order valence-corrected chi connectivity index (χ0v) is 12.1. The number of hydrogen-bond donors (Lipinski definition) is 1. The second kappa shape index (κ2) is 8.02. The van der Waals surface area contributed by atoms with Gasteiger partial charge in [0.25, 0.3) is 0 Å². The molecule has 0 aliphatic carbocycles. The molecule has 0 saturated heterocycles. The number of carbonyl (C=O) groups excluding carboxylic acids is 1. The van der Waals surface area contributed by atoms with E-state index in [1.807, 2.05) is 6.92 Å². The highest BCUT2D eigenvalue weighted by atomic mass is 19.4. The van der Waals surface area contributed by atoms with Gasteiger partial charge in [0, 0.05) is 6.54 Å². The van der Waals surface area contributed by atoms with Crippen molar-refractivity contribution in [2.75, 3.05) is 6.54 Å². The second-order valence-corrected chi connectivity index (χ2v) is 5.04. The Hall–Kier alpha value is -1.56. The van der Waals surface area contributed by atoms with E-state index < -0.39 is 24.7 Å². The Bertz CT molecular complexity index is 434. The summed E-state index contributed by atoms with van der Waals surface area (Å²) in [7, 11) is 0. The van der Waals surface area contributed by atoms with Crippen LogP contribution < -0.4 is 5.73 Å². The van der Waals surface area contributed by atoms with Gasteiger partial charge < -0.3 is 10.6 Å². The van der Waals surface area contributed by atoms with Crippen molar-refractivity contribution < 1.29 is 18.0 Å². The molecular formula is C15H21F3N2O. The summed E-state index contributed by atoms with van der Waals surface area (Å²) < 4.78 is 37.9. The first-order chi connectivity index (χ1) is 9.83. The molecule has 0 aliphatic rings. The maximum atomic E-state index is 12.6. The summed E-state index contributed by atoms with van der Waals surface area (Å²) in [6.07, 6.45) is -2.47. The standard InChI is InChI=1S/C15H21F3N2O/c1-2-3-9-13(19)14(21)20(11-15(16,17)18)10-12-7-5-4-6-8-12/h4-8,13H,2-3,9-11,19H2,1H3. The first-order valence-corrected chi connectivity index (χ1v) is 6.98. The van der Waals surface area contributed by atoms with Crippen molar-refractivity contribution in [3.8, 4) is 0 Å². The first kappa shape index (κ1) is 17.5. The third-order valence-corrected chi connectivity index (χ3v) is 3.08. The number of nitrogens with two attached hydrogens (primary N) is 1. The Morgan fingerprint density at radius 1 is 1.29 bits per heavy atom. The van der Waals surface area contributed by atoms with Crippen LogP contribution in [0.3, 0.4) is 0 Å². The molecule has 0 spiro atoms. The van der Waals surface area contributed by atoms with E-state index >= 15 is 0 Å². The molecule has 1 aromatic rings. The summed E-state index contributed by atoms with van der Waals surface area (Å²) in [5.74, 6) is -0.648. The molecule has 6 heteroatoms. The van der Waals surface area contributed by atoms with Crippen molar-refractivity contribution in [3.63, 3.8) is 0 Å². The maximum absolute atomic E-state index is 12.6. The molecule has 1 aromatic carbocycles. The number of benzene rings is 1. The van der Waals surface area contributed by atoms with Crippen LogP contribution in [0.5, 0.6) is 0 Å². The highest BCUT2D eigenvalue weighted by Gasteiger charge is 2.34. The first-order valence-electron chi connectivity index (χ1n) is 6.98. The molecule has 1 amide bonds. The Labute approximate surface area is 122 Å². The number of nitrogens with zero attached hydrogens (tertiary/aromatic N) is 1. The number of halogens is 3. The number of alkyl halides is 3. The molecule has 0 aliphatic heterocycles. The molecule has 0 aromatic heterocycles. The minimum absolute atomic E-state index is 0.0843. The van der Waals surface area contributed by atoms with E-state index in [9.17, 15) is 18.0 Å². The number of unbranched alkanes of at least 4 members (excludes halogenated alkanes) is 1. The Morgan fingerprint density at radius 2 is 1.90 bits per heavy atom. The Balaban J connectivity index is 2.79. The SMILES string of the molecule is CCCCC(N)C(=O)N(Cc1ccccc1)CC(F)(F)F. The minimum Gasteiger partial charge on any atom is -0.328 e. The van der Waals surface area contributed by atoms with Crippen LogP contribution in [0.1, 0.15) is 31.7 Å². The van der Waals surface area contributed by atoms with Gasteiger partial charge in [0.15, 0.2) is 0 Å². The summed E-state index contributed by atoms with van der Waals surface area (Å²) in [6.45, 7) is 0.578. The van der Waals surface area contributed by atoms with Crippen molar-refractivity contribution in [1.82, 2.24) is 4.90 Å². The van der Waals surface area contributed by atoms with Crippen LogP contribution in [0.2, 0.25) is 0 Å². The highest BCUT2D eigenvalue weighted by molar-refractivity contribution is 5.81. The molecule has 0 saturated carbocycles. The molecule has 0 fully saturated rings. The molecule has 1 atom stereocenters. The number of amides is 1. The van der Waals surface area contributed by atoms with Gasteiger partial charge in [-0.1, -0.05) is 50.1 Å². The molecular weight excluding hydrogens is 281 g/mol. The van der Waals surface area contributed by atoms with Crippen LogP contribution in [0.25, 0.3) is 0 Å². The van der Waals surface area contributed by atoms with Crippen LogP contribution in [0.4, 0.5) is 13.2 Å². The average molecular weight is 302 g/mol. The van der Waals surface area contributed by atoms with E-state index in [2.05, 4.69) is 0 Å². The van der Waals surface area contributed by atoms with Crippen LogP contribution >= 0.6 is 0 Å². The van der Waals surface area contributed by atoms with Gasteiger partial charge in [-0.25, -0.2) is 0 Å². The number of rotatable bonds is 7. The zero-order chi connectivity index (χ0) is 15.9. The second-order valence-electron chi connectivity index (χ2n) is 5.04. The molecule has 118 valence electrons. The fourth-order valence-electron chi connectivity index (χ4n) is 2.01. The number of hydrogen-bond acceptors (Lipinski definition) is 2. The average Bonchev–Trinajstić information content (AvgIpc) is 2.43. The summed E-state index contributed by atoms with van der Waals surface area (Å²) >= 11 is 0. The van der Waals surface area contributed by atoms with Crippen molar-refractivity contribution in [2.45, 2.75) is 44.9 Å². The van der Waals surface area contributed by atoms with Crippen LogP contribution in [0.15, 0.2) is 30.3 Å². The third kappa shape index (κ3) is 6.62. The third-order valence-electron chi connectivity index (χ3n) is 3.08. The van der Waals surface area contributed by atoms with E-state index in [4.69, 9.17) is 5.73 Å². The van der Waals surface area contributed by atoms with Gasteiger partial charge >= 0.3 is 6.18 Å². The van der Waals surface area contributed by atoms with Crippen LogP contribution in [0, 0.1) is 0 Å². The lowest BCUT2D eigenvalue weighted by Gasteiger charge is -2.26. The van der Waals surface area contributed by atoms with Gasteiger partial charge in [-0.05, 0) is 12.0 Å². The van der Waals surface area contributed by atoms with Crippen LogP contribution in [-0.4, -0.2) is 29.6 Å². The van der Waals surface area contributed by atoms with Gasteiger partial charge in [0.1, 0.15) is 6.54 Å².